The van der Waals surface area contributed by atoms with Crippen molar-refractivity contribution in [1.29, 1.82) is 0 Å². The van der Waals surface area contributed by atoms with Crippen LogP contribution in [0.5, 0.6) is 0 Å². The third-order valence-corrected chi connectivity index (χ3v) is 5.19. The zero-order chi connectivity index (χ0) is 17.2. The van der Waals surface area contributed by atoms with Crippen molar-refractivity contribution in [2.24, 2.45) is 11.7 Å². The minimum Gasteiger partial charge on any atom is -0.481 e. The Morgan fingerprint density at radius 1 is 1.36 bits per heavy atom. The van der Waals surface area contributed by atoms with E-state index in [1.165, 1.54) is 0 Å². The van der Waals surface area contributed by atoms with Gasteiger partial charge in [0.1, 0.15) is 5.34 Å². The maximum atomic E-state index is 10.3. The van der Waals surface area contributed by atoms with Crippen molar-refractivity contribution in [2.45, 2.75) is 63.8 Å². The van der Waals surface area contributed by atoms with E-state index in [1.54, 1.807) is 7.11 Å². The summed E-state index contributed by atoms with van der Waals surface area (Å²) < 4.78 is 10.4. The van der Waals surface area contributed by atoms with Gasteiger partial charge in [0.15, 0.2) is 5.88 Å². The lowest BCUT2D eigenvalue weighted by Gasteiger charge is -2.27. The first kappa shape index (κ1) is 21.2. The summed E-state index contributed by atoms with van der Waals surface area (Å²) in [6.45, 7) is 9.50. The predicted octanol–water partition coefficient (Wildman–Crippen LogP) is 3.53. The summed E-state index contributed by atoms with van der Waals surface area (Å²) >= 11 is 0. The molecule has 130 valence electrons. The van der Waals surface area contributed by atoms with E-state index in [0.29, 0.717) is 32.9 Å². The number of carbonyl (C=O) groups is 1. The van der Waals surface area contributed by atoms with Crippen LogP contribution in [0.1, 0.15) is 52.4 Å². The van der Waals surface area contributed by atoms with E-state index in [9.17, 15) is 4.79 Å². The molecule has 0 spiro atoms. The zero-order valence-electron chi connectivity index (χ0n) is 14.4. The first-order valence-electron chi connectivity index (χ1n) is 7.77. The molecule has 1 saturated carbocycles. The van der Waals surface area contributed by atoms with Crippen molar-refractivity contribution in [3.63, 3.8) is 0 Å². The molecule has 0 radical (unpaired) electrons. The molecule has 1 rings (SSSR count). The van der Waals surface area contributed by atoms with Crippen LogP contribution in [0.2, 0.25) is 0 Å². The van der Waals surface area contributed by atoms with Gasteiger partial charge in [-0.15, -0.1) is 0 Å². The lowest BCUT2D eigenvalue weighted by Crippen LogP contribution is -2.20. The summed E-state index contributed by atoms with van der Waals surface area (Å²) in [4.78, 5) is 10.3. The quantitative estimate of drug-likeness (QED) is 0.550. The number of ether oxygens (including phenoxy) is 2. The molecule has 0 bridgehead atoms. The lowest BCUT2D eigenvalue weighted by atomic mass is 9.84. The van der Waals surface area contributed by atoms with Gasteiger partial charge in [0.2, 0.25) is 0 Å². The largest absolute Gasteiger partial charge is 0.481 e. The molecule has 3 N–H and O–H groups in total. The van der Waals surface area contributed by atoms with Crippen LogP contribution in [-0.2, 0) is 14.3 Å². The van der Waals surface area contributed by atoms with E-state index in [4.69, 9.17) is 20.3 Å². The average molecular weight is 333 g/mol. The van der Waals surface area contributed by atoms with Gasteiger partial charge in [0.05, 0.1) is 6.10 Å². The maximum Gasteiger partial charge on any atom is 0.303 e. The molecular formula is C16H32NO4P. The zero-order valence-corrected chi connectivity index (χ0v) is 15.4. The van der Waals surface area contributed by atoms with Crippen LogP contribution in [0.3, 0.4) is 0 Å². The molecule has 0 aromatic carbocycles. The van der Waals surface area contributed by atoms with Gasteiger partial charge in [-0.2, -0.15) is 0 Å². The second-order valence-corrected chi connectivity index (χ2v) is 7.84. The first-order chi connectivity index (χ1) is 10.2. The monoisotopic (exact) mass is 333 g/mol. The molecule has 0 aromatic rings. The van der Waals surface area contributed by atoms with Gasteiger partial charge in [-0.1, -0.05) is 8.58 Å². The molecule has 0 amide bonds. The number of rotatable bonds is 7. The molecular weight excluding hydrogens is 301 g/mol. The van der Waals surface area contributed by atoms with Crippen LogP contribution in [0.25, 0.3) is 0 Å². The summed E-state index contributed by atoms with van der Waals surface area (Å²) in [5.41, 5.74) is 5.24. The maximum absolute atomic E-state index is 10.3. The van der Waals surface area contributed by atoms with Gasteiger partial charge in [0, 0.05) is 13.5 Å². The molecule has 6 heteroatoms. The molecule has 1 unspecified atom stereocenters. The van der Waals surface area contributed by atoms with Crippen LogP contribution in [0, 0.1) is 5.92 Å². The highest BCUT2D eigenvalue weighted by Gasteiger charge is 2.20. The van der Waals surface area contributed by atoms with Crippen molar-refractivity contribution in [1.82, 2.24) is 0 Å². The summed E-state index contributed by atoms with van der Waals surface area (Å²) in [6.07, 6.45) is 6.04. The highest BCUT2D eigenvalue weighted by Crippen LogP contribution is 2.29. The molecule has 1 fully saturated rings. The summed E-state index contributed by atoms with van der Waals surface area (Å²) in [5, 5.41) is 8.38. The number of hydrogen-bond donors (Lipinski definition) is 2. The first-order valence-corrected chi connectivity index (χ1v) is 9.27. The number of carboxylic acid groups (broad SMARTS) is 1. The lowest BCUT2D eigenvalue weighted by molar-refractivity contribution is -0.137. The Morgan fingerprint density at radius 3 is 2.23 bits per heavy atom. The normalized spacial score (nSPS) is 22.0. The molecule has 0 saturated heterocycles. The van der Waals surface area contributed by atoms with E-state index in [0.717, 1.165) is 32.1 Å². The van der Waals surface area contributed by atoms with Gasteiger partial charge >= 0.3 is 5.97 Å². The Morgan fingerprint density at radius 2 is 1.91 bits per heavy atom. The fourth-order valence-corrected chi connectivity index (χ4v) is 2.60. The van der Waals surface area contributed by atoms with Crippen LogP contribution >= 0.6 is 8.58 Å². The van der Waals surface area contributed by atoms with Crippen LogP contribution < -0.4 is 5.73 Å². The van der Waals surface area contributed by atoms with E-state index < -0.39 is 5.97 Å². The molecule has 1 atom stereocenters. The van der Waals surface area contributed by atoms with Crippen molar-refractivity contribution in [2.75, 3.05) is 13.8 Å². The van der Waals surface area contributed by atoms with Crippen molar-refractivity contribution in [3.05, 3.63) is 12.5 Å². The Balaban J connectivity index is 0.000000433. The molecule has 0 aliphatic heterocycles. The average Bonchev–Trinajstić information content (AvgIpc) is 2.45. The van der Waals surface area contributed by atoms with Crippen molar-refractivity contribution < 1.29 is 19.4 Å². The molecule has 0 heterocycles. The number of aliphatic carboxylic acids is 1. The van der Waals surface area contributed by atoms with E-state index in [1.807, 2.05) is 13.8 Å². The third-order valence-electron chi connectivity index (χ3n) is 3.88. The standard InChI is InChI=1S/C10H18O3.C6H14NOP/c1-13-9-5-2-8(3-6-9)4-7-10(11)12;1-5(7)8-6(2,3)9-4/h8-9H,2-7H2,1H3,(H,11,12);9H,1,7H2,2-4H3. The summed E-state index contributed by atoms with van der Waals surface area (Å²) in [5.74, 6) is 0.241. The molecule has 0 aromatic heterocycles. The van der Waals surface area contributed by atoms with Crippen molar-refractivity contribution >= 4 is 14.6 Å². The van der Waals surface area contributed by atoms with Gasteiger partial charge < -0.3 is 20.3 Å². The van der Waals surface area contributed by atoms with E-state index in [2.05, 4.69) is 13.2 Å². The van der Waals surface area contributed by atoms with Crippen LogP contribution in [0.4, 0.5) is 0 Å². The topological polar surface area (TPSA) is 81.8 Å². The molecule has 1 aliphatic carbocycles. The minimum atomic E-state index is -0.672. The highest BCUT2D eigenvalue weighted by atomic mass is 31.1. The SMILES string of the molecule is C=C(N)OC(C)(C)PC.COC1CCC(CCC(=O)O)CC1. The minimum absolute atomic E-state index is 0.133. The van der Waals surface area contributed by atoms with Gasteiger partial charge in [0.25, 0.3) is 0 Å². The number of carboxylic acids is 1. The fraction of sp³-hybridized carbons (Fsp3) is 0.812. The van der Waals surface area contributed by atoms with E-state index >= 15 is 0 Å². The van der Waals surface area contributed by atoms with Gasteiger partial charge in [-0.05, 0) is 65.1 Å². The predicted molar refractivity (Wildman–Crippen MR) is 92.4 cm³/mol. The molecule has 22 heavy (non-hydrogen) atoms. The second kappa shape index (κ2) is 10.8. The summed E-state index contributed by atoms with van der Waals surface area (Å²) in [7, 11) is 2.47. The third kappa shape index (κ3) is 10.9. The van der Waals surface area contributed by atoms with Gasteiger partial charge in [-0.3, -0.25) is 4.79 Å². The Hall–Kier alpha value is -0.800. The van der Waals surface area contributed by atoms with E-state index in [-0.39, 0.29) is 5.34 Å². The number of hydrogen-bond acceptors (Lipinski definition) is 4. The molecule has 1 aliphatic rings. The second-order valence-electron chi connectivity index (χ2n) is 6.14. The van der Waals surface area contributed by atoms with Crippen molar-refractivity contribution in [3.8, 4) is 0 Å². The number of nitrogens with two attached hydrogens (primary N) is 1. The Kier molecular flexibility index (Phi) is 10.5. The fourth-order valence-electron chi connectivity index (χ4n) is 2.36. The highest BCUT2D eigenvalue weighted by molar-refractivity contribution is 7.38. The van der Waals surface area contributed by atoms with Crippen LogP contribution in [0.15, 0.2) is 12.5 Å². The molecule has 5 nitrogen and oxygen atoms in total. The van der Waals surface area contributed by atoms with Gasteiger partial charge in [-0.25, -0.2) is 0 Å². The Bertz CT molecular complexity index is 339. The smallest absolute Gasteiger partial charge is 0.303 e. The summed E-state index contributed by atoms with van der Waals surface area (Å²) in [6, 6.07) is 0. The number of methoxy groups -OCH3 is 1. The van der Waals surface area contributed by atoms with Crippen LogP contribution in [-0.4, -0.2) is 36.3 Å². The Labute approximate surface area is 136 Å².